The van der Waals surface area contributed by atoms with Gasteiger partial charge in [0.25, 0.3) is 5.56 Å². The van der Waals surface area contributed by atoms with Gasteiger partial charge in [-0.3, -0.25) is 9.36 Å². The Morgan fingerprint density at radius 3 is 1.58 bits per heavy atom. The van der Waals surface area contributed by atoms with Crippen molar-refractivity contribution in [1.82, 2.24) is 13.7 Å². The highest BCUT2D eigenvalue weighted by molar-refractivity contribution is 6.10. The normalized spacial score (nSPS) is 11.4. The van der Waals surface area contributed by atoms with Crippen LogP contribution in [-0.2, 0) is 0 Å². The van der Waals surface area contributed by atoms with Crippen molar-refractivity contribution in [3.63, 3.8) is 0 Å². The molecule has 6 aromatic carbocycles. The van der Waals surface area contributed by atoms with E-state index in [-0.39, 0.29) is 5.56 Å². The van der Waals surface area contributed by atoms with E-state index < -0.39 is 5.69 Å². The van der Waals surface area contributed by atoms with Gasteiger partial charge in [0.2, 0.25) is 0 Å². The molecule has 2 aromatic heterocycles. The Balaban J connectivity index is 1.37. The lowest BCUT2D eigenvalue weighted by Crippen LogP contribution is -2.38. The Morgan fingerprint density at radius 1 is 0.349 bits per heavy atom. The zero-order valence-electron chi connectivity index (χ0n) is 23.1. The van der Waals surface area contributed by atoms with E-state index in [2.05, 4.69) is 41.0 Å². The lowest BCUT2D eigenvalue weighted by atomic mass is 10.1. The lowest BCUT2D eigenvalue weighted by Gasteiger charge is -2.15. The second-order valence-corrected chi connectivity index (χ2v) is 10.6. The molecule has 0 bridgehead atoms. The van der Waals surface area contributed by atoms with Gasteiger partial charge in [0.15, 0.2) is 0 Å². The van der Waals surface area contributed by atoms with E-state index >= 15 is 0 Å². The number of rotatable bonds is 4. The van der Waals surface area contributed by atoms with Gasteiger partial charge in [0.1, 0.15) is 0 Å². The van der Waals surface area contributed by atoms with Crippen molar-refractivity contribution < 1.29 is 0 Å². The third-order valence-corrected chi connectivity index (χ3v) is 8.12. The molecule has 0 saturated carbocycles. The minimum absolute atomic E-state index is 0.342. The molecule has 0 spiro atoms. The van der Waals surface area contributed by atoms with Crippen LogP contribution < -0.4 is 11.2 Å². The summed E-state index contributed by atoms with van der Waals surface area (Å²) < 4.78 is 5.16. The third kappa shape index (κ3) is 3.94. The molecule has 0 aliphatic heterocycles. The van der Waals surface area contributed by atoms with E-state index in [1.165, 1.54) is 4.57 Å². The fourth-order valence-electron chi connectivity index (χ4n) is 6.13. The summed E-state index contributed by atoms with van der Waals surface area (Å²) in [6.45, 7) is 0. The minimum atomic E-state index is -0.415. The molecule has 8 aromatic rings. The average molecular weight is 556 g/mol. The molecule has 43 heavy (non-hydrogen) atoms. The molecular weight excluding hydrogens is 530 g/mol. The summed E-state index contributed by atoms with van der Waals surface area (Å²) in [6, 6.07) is 49.5. The first-order valence-electron chi connectivity index (χ1n) is 14.2. The van der Waals surface area contributed by atoms with Gasteiger partial charge in [-0.25, -0.2) is 9.36 Å². The number of para-hydroxylation sites is 3. The van der Waals surface area contributed by atoms with Gasteiger partial charge in [0.05, 0.1) is 33.3 Å². The van der Waals surface area contributed by atoms with Crippen LogP contribution in [0.25, 0.3) is 60.9 Å². The molecule has 5 nitrogen and oxygen atoms in total. The van der Waals surface area contributed by atoms with Gasteiger partial charge in [-0.05, 0) is 71.8 Å². The quantitative estimate of drug-likeness (QED) is 0.222. The topological polar surface area (TPSA) is 48.9 Å². The second kappa shape index (κ2) is 9.86. The van der Waals surface area contributed by atoms with Gasteiger partial charge in [-0.1, -0.05) is 91.0 Å². The molecular formula is C38H25N3O2. The predicted molar refractivity (Wildman–Crippen MR) is 175 cm³/mol. The number of hydrogen-bond acceptors (Lipinski definition) is 2. The number of aromatic nitrogens is 3. The minimum Gasteiger partial charge on any atom is -0.309 e. The summed E-state index contributed by atoms with van der Waals surface area (Å²) in [5.41, 5.74) is 6.31. The van der Waals surface area contributed by atoms with E-state index in [9.17, 15) is 9.59 Å². The molecule has 0 aliphatic rings. The van der Waals surface area contributed by atoms with Crippen LogP contribution in [0.5, 0.6) is 0 Å². The molecule has 0 saturated heterocycles. The zero-order chi connectivity index (χ0) is 28.9. The van der Waals surface area contributed by atoms with Gasteiger partial charge in [-0.2, -0.15) is 0 Å². The maximum absolute atomic E-state index is 14.3. The summed E-state index contributed by atoms with van der Waals surface area (Å²) >= 11 is 0. The Kier molecular flexibility index (Phi) is 5.69. The highest BCUT2D eigenvalue weighted by Crippen LogP contribution is 2.33. The second-order valence-electron chi connectivity index (χ2n) is 10.6. The molecule has 0 radical (unpaired) electrons. The van der Waals surface area contributed by atoms with Crippen LogP contribution in [0.1, 0.15) is 0 Å². The summed E-state index contributed by atoms with van der Waals surface area (Å²) in [5.74, 6) is 0. The van der Waals surface area contributed by atoms with Crippen LogP contribution in [0, 0.1) is 0 Å². The van der Waals surface area contributed by atoms with E-state index in [4.69, 9.17) is 0 Å². The van der Waals surface area contributed by atoms with Crippen molar-refractivity contribution >= 4 is 32.7 Å². The monoisotopic (exact) mass is 555 g/mol. The maximum atomic E-state index is 14.3. The average Bonchev–Trinajstić information content (AvgIpc) is 3.40. The molecule has 204 valence electrons. The third-order valence-electron chi connectivity index (χ3n) is 8.12. The molecule has 0 fully saturated rings. The Hall–Kier alpha value is -5.94. The van der Waals surface area contributed by atoms with Gasteiger partial charge >= 0.3 is 5.69 Å². The predicted octanol–water partition coefficient (Wildman–Crippen LogP) is 7.91. The van der Waals surface area contributed by atoms with Crippen LogP contribution in [0.3, 0.4) is 0 Å². The van der Waals surface area contributed by atoms with E-state index in [1.54, 1.807) is 10.6 Å². The summed E-state index contributed by atoms with van der Waals surface area (Å²) in [5, 5.41) is 2.59. The van der Waals surface area contributed by atoms with Crippen molar-refractivity contribution in [2.45, 2.75) is 0 Å². The van der Waals surface area contributed by atoms with E-state index in [1.807, 2.05) is 109 Å². The standard InChI is InChI=1S/C38H25N3O2/c42-37-32-16-8-10-18-35(32)40(38(43)41(37)29-21-19-27(20-22-29)26-11-3-1-4-12-26)30-23-24-36-33(25-30)31-15-7-9-17-34(31)39(36)28-13-5-2-6-14-28/h1-25H. The van der Waals surface area contributed by atoms with Crippen molar-refractivity contribution in [3.8, 4) is 28.2 Å². The summed E-state index contributed by atoms with van der Waals surface area (Å²) in [4.78, 5) is 28.1. The molecule has 0 aliphatic carbocycles. The first-order valence-corrected chi connectivity index (χ1v) is 14.2. The number of fused-ring (bicyclic) bond motifs is 4. The molecule has 0 N–H and O–H groups in total. The van der Waals surface area contributed by atoms with Crippen molar-refractivity contribution in [2.75, 3.05) is 0 Å². The van der Waals surface area contributed by atoms with E-state index in [0.717, 1.165) is 38.6 Å². The highest BCUT2D eigenvalue weighted by Gasteiger charge is 2.18. The fraction of sp³-hybridized carbons (Fsp3) is 0. The Morgan fingerprint density at radius 2 is 0.860 bits per heavy atom. The van der Waals surface area contributed by atoms with Crippen LogP contribution >= 0.6 is 0 Å². The fourth-order valence-corrected chi connectivity index (χ4v) is 6.13. The van der Waals surface area contributed by atoms with Crippen LogP contribution in [0.4, 0.5) is 0 Å². The highest BCUT2D eigenvalue weighted by atomic mass is 16.2. The van der Waals surface area contributed by atoms with Crippen LogP contribution in [-0.4, -0.2) is 13.7 Å². The number of benzene rings is 6. The number of hydrogen-bond donors (Lipinski definition) is 0. The SMILES string of the molecule is O=c1c2ccccc2n(-c2ccc3c(c2)c2ccccc2n3-c2ccccc2)c(=O)n1-c1ccc(-c2ccccc2)cc1. The maximum Gasteiger partial charge on any atom is 0.340 e. The van der Waals surface area contributed by atoms with E-state index in [0.29, 0.717) is 22.3 Å². The first kappa shape index (κ1) is 24.8. The molecule has 5 heteroatoms. The molecule has 0 amide bonds. The zero-order valence-corrected chi connectivity index (χ0v) is 23.1. The summed E-state index contributed by atoms with van der Waals surface area (Å²) in [7, 11) is 0. The van der Waals surface area contributed by atoms with Crippen molar-refractivity contribution in [1.29, 1.82) is 0 Å². The Labute approximate surface area is 246 Å². The number of nitrogens with zero attached hydrogens (tertiary/aromatic N) is 3. The molecule has 0 atom stereocenters. The smallest absolute Gasteiger partial charge is 0.309 e. The largest absolute Gasteiger partial charge is 0.340 e. The van der Waals surface area contributed by atoms with Gasteiger partial charge in [-0.15, -0.1) is 0 Å². The van der Waals surface area contributed by atoms with Crippen molar-refractivity contribution in [2.24, 2.45) is 0 Å². The van der Waals surface area contributed by atoms with Gasteiger partial charge < -0.3 is 4.57 Å². The van der Waals surface area contributed by atoms with Crippen LogP contribution in [0.2, 0.25) is 0 Å². The molecule has 8 rings (SSSR count). The summed E-state index contributed by atoms with van der Waals surface area (Å²) in [6.07, 6.45) is 0. The van der Waals surface area contributed by atoms with Crippen molar-refractivity contribution in [3.05, 3.63) is 172 Å². The Bertz CT molecular complexity index is 2420. The lowest BCUT2D eigenvalue weighted by molar-refractivity contribution is 0.835. The van der Waals surface area contributed by atoms with Gasteiger partial charge in [0, 0.05) is 16.5 Å². The molecule has 0 unspecified atom stereocenters. The first-order chi connectivity index (χ1) is 21.2. The molecule has 2 heterocycles. The van der Waals surface area contributed by atoms with Crippen LogP contribution in [0.15, 0.2) is 161 Å².